The van der Waals surface area contributed by atoms with Crippen LogP contribution in [0, 0.1) is 6.92 Å². The number of aliphatic hydroxyl groups is 1. The molecular weight excluding hydrogens is 358 g/mol. The monoisotopic (exact) mass is 381 g/mol. The third-order valence-electron chi connectivity index (χ3n) is 4.51. The lowest BCUT2D eigenvalue weighted by Gasteiger charge is -2.10. The standard InChI is InChI=1S/C22H23NO5/c1-15-18-9-8-17(27-14-21(25)23-10-5-11-24)13-20(18)28-22(26)19(15)12-16-6-3-2-4-7-16/h2-4,6-9,13,24H,5,10-12,14H2,1H3,(H,23,25). The van der Waals surface area contributed by atoms with Crippen LogP contribution >= 0.6 is 0 Å². The number of carbonyl (C=O) groups is 1. The summed E-state index contributed by atoms with van der Waals surface area (Å²) in [6.07, 6.45) is 1.01. The summed E-state index contributed by atoms with van der Waals surface area (Å²) in [5, 5.41) is 12.2. The second-order valence-electron chi connectivity index (χ2n) is 6.53. The molecule has 146 valence electrons. The predicted octanol–water partition coefficient (Wildman–Crippen LogP) is 2.57. The molecule has 0 bridgehead atoms. The average molecular weight is 381 g/mol. The molecule has 2 aromatic carbocycles. The Hall–Kier alpha value is -3.12. The number of benzene rings is 2. The molecule has 1 heterocycles. The first-order valence-corrected chi connectivity index (χ1v) is 9.19. The predicted molar refractivity (Wildman–Crippen MR) is 107 cm³/mol. The van der Waals surface area contributed by atoms with Crippen molar-refractivity contribution in [2.24, 2.45) is 0 Å². The van der Waals surface area contributed by atoms with Crippen LogP contribution in [0.2, 0.25) is 0 Å². The number of carbonyl (C=O) groups excluding carboxylic acids is 1. The number of nitrogens with one attached hydrogen (secondary N) is 1. The smallest absolute Gasteiger partial charge is 0.340 e. The zero-order valence-corrected chi connectivity index (χ0v) is 15.7. The van der Waals surface area contributed by atoms with E-state index < -0.39 is 0 Å². The van der Waals surface area contributed by atoms with Gasteiger partial charge in [0, 0.05) is 36.6 Å². The summed E-state index contributed by atoms with van der Waals surface area (Å²) in [5.41, 5.74) is 2.62. The van der Waals surface area contributed by atoms with Crippen LogP contribution < -0.4 is 15.7 Å². The van der Waals surface area contributed by atoms with Gasteiger partial charge in [-0.25, -0.2) is 4.79 Å². The highest BCUT2D eigenvalue weighted by atomic mass is 16.5. The molecule has 0 aliphatic carbocycles. The molecule has 0 aliphatic rings. The van der Waals surface area contributed by atoms with Crippen molar-refractivity contribution in [2.45, 2.75) is 19.8 Å². The van der Waals surface area contributed by atoms with Crippen molar-refractivity contribution >= 4 is 16.9 Å². The Morgan fingerprint density at radius 3 is 2.71 bits per heavy atom. The van der Waals surface area contributed by atoms with Gasteiger partial charge in [-0.05, 0) is 36.6 Å². The van der Waals surface area contributed by atoms with E-state index in [4.69, 9.17) is 14.3 Å². The molecule has 3 rings (SSSR count). The summed E-state index contributed by atoms with van der Waals surface area (Å²) < 4.78 is 11.0. The SMILES string of the molecule is Cc1c(Cc2ccccc2)c(=O)oc2cc(OCC(=O)NCCCO)ccc12. The molecule has 0 atom stereocenters. The van der Waals surface area contributed by atoms with Crippen LogP contribution in [0.3, 0.4) is 0 Å². The Morgan fingerprint density at radius 2 is 1.96 bits per heavy atom. The molecular formula is C22H23NO5. The molecule has 3 aromatic rings. The Morgan fingerprint density at radius 1 is 1.18 bits per heavy atom. The Labute approximate surface area is 162 Å². The van der Waals surface area contributed by atoms with Crippen molar-refractivity contribution in [2.75, 3.05) is 19.8 Å². The molecule has 6 heteroatoms. The first-order valence-electron chi connectivity index (χ1n) is 9.19. The van der Waals surface area contributed by atoms with Gasteiger partial charge in [0.05, 0.1) is 0 Å². The second kappa shape index (κ2) is 9.19. The fraction of sp³-hybridized carbons (Fsp3) is 0.273. The summed E-state index contributed by atoms with van der Waals surface area (Å²) in [5.74, 6) is 0.174. The van der Waals surface area contributed by atoms with Gasteiger partial charge in [-0.15, -0.1) is 0 Å². The van der Waals surface area contributed by atoms with Crippen molar-refractivity contribution < 1.29 is 19.1 Å². The first-order chi connectivity index (χ1) is 13.6. The maximum absolute atomic E-state index is 12.5. The van der Waals surface area contributed by atoms with E-state index in [0.29, 0.717) is 36.3 Å². The number of ether oxygens (including phenoxy) is 1. The lowest BCUT2D eigenvalue weighted by atomic mass is 10.00. The summed E-state index contributed by atoms with van der Waals surface area (Å²) in [4.78, 5) is 24.2. The summed E-state index contributed by atoms with van der Waals surface area (Å²) in [7, 11) is 0. The minimum absolute atomic E-state index is 0.0243. The van der Waals surface area contributed by atoms with E-state index >= 15 is 0 Å². The van der Waals surface area contributed by atoms with Gasteiger partial charge in [-0.1, -0.05) is 30.3 Å². The van der Waals surface area contributed by atoms with E-state index in [1.54, 1.807) is 12.1 Å². The zero-order chi connectivity index (χ0) is 19.9. The fourth-order valence-corrected chi connectivity index (χ4v) is 2.98. The minimum Gasteiger partial charge on any atom is -0.484 e. The second-order valence-corrected chi connectivity index (χ2v) is 6.53. The highest BCUT2D eigenvalue weighted by Crippen LogP contribution is 2.25. The van der Waals surface area contributed by atoms with Gasteiger partial charge < -0.3 is 19.6 Å². The normalized spacial score (nSPS) is 10.8. The third kappa shape index (κ3) is 4.78. The first kappa shape index (κ1) is 19.6. The molecule has 0 unspecified atom stereocenters. The molecule has 6 nitrogen and oxygen atoms in total. The zero-order valence-electron chi connectivity index (χ0n) is 15.7. The molecule has 1 aromatic heterocycles. The van der Waals surface area contributed by atoms with Crippen LogP contribution in [0.4, 0.5) is 0 Å². The van der Waals surface area contributed by atoms with Crippen LogP contribution in [0.25, 0.3) is 11.0 Å². The lowest BCUT2D eigenvalue weighted by Crippen LogP contribution is -2.30. The van der Waals surface area contributed by atoms with E-state index in [-0.39, 0.29) is 24.7 Å². The summed E-state index contributed by atoms with van der Waals surface area (Å²) in [6, 6.07) is 15.0. The number of amides is 1. The van der Waals surface area contributed by atoms with Gasteiger partial charge in [-0.3, -0.25) is 4.79 Å². The average Bonchev–Trinajstić information content (AvgIpc) is 2.70. The fourth-order valence-electron chi connectivity index (χ4n) is 2.98. The number of aryl methyl sites for hydroxylation is 1. The van der Waals surface area contributed by atoms with Gasteiger partial charge >= 0.3 is 5.63 Å². The van der Waals surface area contributed by atoms with Crippen molar-refractivity contribution in [1.29, 1.82) is 0 Å². The molecule has 0 saturated carbocycles. The number of hydrogen-bond donors (Lipinski definition) is 2. The Bertz CT molecular complexity index is 1010. The molecule has 2 N–H and O–H groups in total. The minimum atomic E-state index is -0.368. The molecule has 0 fully saturated rings. The number of hydrogen-bond acceptors (Lipinski definition) is 5. The van der Waals surface area contributed by atoms with Gasteiger partial charge in [-0.2, -0.15) is 0 Å². The van der Waals surface area contributed by atoms with Crippen LogP contribution in [0.1, 0.15) is 23.1 Å². The third-order valence-corrected chi connectivity index (χ3v) is 4.51. The molecule has 1 amide bonds. The van der Waals surface area contributed by atoms with Crippen LogP contribution in [0.5, 0.6) is 5.75 Å². The lowest BCUT2D eigenvalue weighted by molar-refractivity contribution is -0.123. The number of rotatable bonds is 8. The van der Waals surface area contributed by atoms with Gasteiger partial charge in [0.15, 0.2) is 6.61 Å². The van der Waals surface area contributed by atoms with Crippen molar-refractivity contribution in [3.63, 3.8) is 0 Å². The molecule has 0 saturated heterocycles. The van der Waals surface area contributed by atoms with Gasteiger partial charge in [0.2, 0.25) is 0 Å². The number of aliphatic hydroxyl groups excluding tert-OH is 1. The van der Waals surface area contributed by atoms with Crippen LogP contribution in [-0.2, 0) is 11.2 Å². The Kier molecular flexibility index (Phi) is 6.45. The maximum Gasteiger partial charge on any atom is 0.340 e. The summed E-state index contributed by atoms with van der Waals surface area (Å²) >= 11 is 0. The number of fused-ring (bicyclic) bond motifs is 1. The molecule has 0 aliphatic heterocycles. The topological polar surface area (TPSA) is 88.8 Å². The molecule has 0 radical (unpaired) electrons. The molecule has 0 spiro atoms. The quantitative estimate of drug-likeness (QED) is 0.462. The Balaban J connectivity index is 1.77. The summed E-state index contributed by atoms with van der Waals surface area (Å²) in [6.45, 7) is 2.18. The van der Waals surface area contributed by atoms with Crippen LogP contribution in [0.15, 0.2) is 57.7 Å². The van der Waals surface area contributed by atoms with E-state index in [1.165, 1.54) is 0 Å². The largest absolute Gasteiger partial charge is 0.484 e. The van der Waals surface area contributed by atoms with Gasteiger partial charge in [0.25, 0.3) is 5.91 Å². The highest BCUT2D eigenvalue weighted by molar-refractivity contribution is 5.82. The van der Waals surface area contributed by atoms with Crippen molar-refractivity contribution in [3.05, 3.63) is 75.6 Å². The highest BCUT2D eigenvalue weighted by Gasteiger charge is 2.13. The maximum atomic E-state index is 12.5. The van der Waals surface area contributed by atoms with Gasteiger partial charge in [0.1, 0.15) is 11.3 Å². The van der Waals surface area contributed by atoms with E-state index in [1.807, 2.05) is 43.3 Å². The van der Waals surface area contributed by atoms with E-state index in [9.17, 15) is 9.59 Å². The van der Waals surface area contributed by atoms with E-state index in [0.717, 1.165) is 16.5 Å². The van der Waals surface area contributed by atoms with Crippen molar-refractivity contribution in [1.82, 2.24) is 5.32 Å². The van der Waals surface area contributed by atoms with E-state index in [2.05, 4.69) is 5.32 Å². The van der Waals surface area contributed by atoms with Crippen molar-refractivity contribution in [3.8, 4) is 5.75 Å². The molecule has 28 heavy (non-hydrogen) atoms. The van der Waals surface area contributed by atoms with Crippen LogP contribution in [-0.4, -0.2) is 30.8 Å².